The maximum absolute atomic E-state index is 12.6. The van der Waals surface area contributed by atoms with Gasteiger partial charge in [0, 0.05) is 44.5 Å². The molecule has 0 aliphatic carbocycles. The SMILES string of the molecule is COc1ccc(CN2CCN(C(=O)c3cnc(C)cn3)CC2)c(OC)c1OC. The predicted molar refractivity (Wildman–Crippen MR) is 104 cm³/mol. The van der Waals surface area contributed by atoms with Gasteiger partial charge < -0.3 is 19.1 Å². The minimum absolute atomic E-state index is 0.0733. The molecule has 0 bridgehead atoms. The molecule has 2 aromatic rings. The van der Waals surface area contributed by atoms with Crippen LogP contribution in [0.3, 0.4) is 0 Å². The minimum Gasteiger partial charge on any atom is -0.493 e. The first kappa shape index (κ1) is 19.9. The van der Waals surface area contributed by atoms with Crippen LogP contribution < -0.4 is 14.2 Å². The molecule has 0 unspecified atom stereocenters. The molecule has 0 saturated carbocycles. The molecule has 0 atom stereocenters. The normalized spacial score (nSPS) is 14.6. The molecule has 0 N–H and O–H groups in total. The lowest BCUT2D eigenvalue weighted by molar-refractivity contribution is 0.0621. The Labute approximate surface area is 165 Å². The van der Waals surface area contributed by atoms with E-state index in [1.165, 1.54) is 0 Å². The van der Waals surface area contributed by atoms with E-state index in [4.69, 9.17) is 14.2 Å². The highest BCUT2D eigenvalue weighted by atomic mass is 16.5. The number of amides is 1. The van der Waals surface area contributed by atoms with Gasteiger partial charge in [0.05, 0.1) is 33.2 Å². The van der Waals surface area contributed by atoms with Crippen LogP contribution in [0.1, 0.15) is 21.7 Å². The van der Waals surface area contributed by atoms with E-state index in [1.54, 1.807) is 33.7 Å². The van der Waals surface area contributed by atoms with Crippen molar-refractivity contribution in [3.8, 4) is 17.2 Å². The molecule has 1 aromatic carbocycles. The first-order valence-electron chi connectivity index (χ1n) is 9.15. The first-order valence-corrected chi connectivity index (χ1v) is 9.15. The molecule has 1 fully saturated rings. The van der Waals surface area contributed by atoms with Gasteiger partial charge in [0.1, 0.15) is 5.69 Å². The van der Waals surface area contributed by atoms with E-state index < -0.39 is 0 Å². The van der Waals surface area contributed by atoms with Gasteiger partial charge in [-0.25, -0.2) is 4.98 Å². The van der Waals surface area contributed by atoms with Gasteiger partial charge in [0.25, 0.3) is 5.91 Å². The van der Waals surface area contributed by atoms with Gasteiger partial charge in [-0.3, -0.25) is 14.7 Å². The van der Waals surface area contributed by atoms with Crippen LogP contribution in [0.5, 0.6) is 17.2 Å². The molecule has 1 saturated heterocycles. The number of piperazine rings is 1. The zero-order valence-electron chi connectivity index (χ0n) is 16.8. The predicted octanol–water partition coefficient (Wildman–Crippen LogP) is 1.77. The van der Waals surface area contributed by atoms with Crippen LogP contribution in [0, 0.1) is 6.92 Å². The Morgan fingerprint density at radius 2 is 1.68 bits per heavy atom. The number of nitrogens with zero attached hydrogens (tertiary/aromatic N) is 4. The molecule has 0 spiro atoms. The molecule has 2 heterocycles. The number of carbonyl (C=O) groups is 1. The van der Waals surface area contributed by atoms with E-state index in [0.717, 1.165) is 24.3 Å². The Morgan fingerprint density at radius 1 is 0.964 bits per heavy atom. The summed E-state index contributed by atoms with van der Waals surface area (Å²) in [4.78, 5) is 25.0. The van der Waals surface area contributed by atoms with Crippen LogP contribution in [0.4, 0.5) is 0 Å². The van der Waals surface area contributed by atoms with Crippen molar-refractivity contribution in [3.63, 3.8) is 0 Å². The van der Waals surface area contributed by atoms with Gasteiger partial charge >= 0.3 is 0 Å². The maximum atomic E-state index is 12.6. The van der Waals surface area contributed by atoms with Crippen LogP contribution in [-0.2, 0) is 6.54 Å². The Morgan fingerprint density at radius 3 is 2.25 bits per heavy atom. The van der Waals surface area contributed by atoms with Gasteiger partial charge in [-0.2, -0.15) is 0 Å². The second-order valence-electron chi connectivity index (χ2n) is 6.60. The second-order valence-corrected chi connectivity index (χ2v) is 6.60. The number of methoxy groups -OCH3 is 3. The average molecular weight is 386 g/mol. The molecular formula is C20H26N4O4. The van der Waals surface area contributed by atoms with Crippen molar-refractivity contribution in [2.75, 3.05) is 47.5 Å². The van der Waals surface area contributed by atoms with Crippen LogP contribution in [0.2, 0.25) is 0 Å². The molecule has 0 radical (unpaired) electrons. The van der Waals surface area contributed by atoms with E-state index >= 15 is 0 Å². The lowest BCUT2D eigenvalue weighted by Gasteiger charge is -2.34. The average Bonchev–Trinajstić information content (AvgIpc) is 2.73. The number of carbonyl (C=O) groups excluding carboxylic acids is 1. The molecular weight excluding hydrogens is 360 g/mol. The standard InChI is InChI=1S/C20H26N4O4/c1-14-11-22-16(12-21-14)20(25)24-9-7-23(8-10-24)13-15-5-6-17(26-2)19(28-4)18(15)27-3/h5-6,11-12H,7-10,13H2,1-4H3. The van der Waals surface area contributed by atoms with Gasteiger partial charge in [0.2, 0.25) is 5.75 Å². The molecule has 150 valence electrons. The number of ether oxygens (including phenoxy) is 3. The third-order valence-corrected chi connectivity index (χ3v) is 4.84. The molecule has 1 aromatic heterocycles. The lowest BCUT2D eigenvalue weighted by Crippen LogP contribution is -2.48. The summed E-state index contributed by atoms with van der Waals surface area (Å²) in [5, 5.41) is 0. The van der Waals surface area contributed by atoms with Crippen molar-refractivity contribution in [2.24, 2.45) is 0 Å². The highest BCUT2D eigenvalue weighted by Gasteiger charge is 2.25. The molecule has 1 amide bonds. The summed E-state index contributed by atoms with van der Waals surface area (Å²) in [7, 11) is 4.83. The van der Waals surface area contributed by atoms with E-state index in [0.29, 0.717) is 42.6 Å². The van der Waals surface area contributed by atoms with E-state index in [2.05, 4.69) is 14.9 Å². The van der Waals surface area contributed by atoms with Crippen molar-refractivity contribution >= 4 is 5.91 Å². The summed E-state index contributed by atoms with van der Waals surface area (Å²) in [6.07, 6.45) is 3.16. The van der Waals surface area contributed by atoms with Gasteiger partial charge in [0.15, 0.2) is 11.5 Å². The number of hydrogen-bond acceptors (Lipinski definition) is 7. The first-order chi connectivity index (χ1) is 13.6. The van der Waals surface area contributed by atoms with Crippen molar-refractivity contribution < 1.29 is 19.0 Å². The highest BCUT2D eigenvalue weighted by molar-refractivity contribution is 5.92. The van der Waals surface area contributed by atoms with Crippen molar-refractivity contribution in [1.29, 1.82) is 0 Å². The van der Waals surface area contributed by atoms with E-state index in [1.807, 2.05) is 24.0 Å². The third kappa shape index (κ3) is 4.17. The van der Waals surface area contributed by atoms with Gasteiger partial charge in [-0.1, -0.05) is 6.07 Å². The minimum atomic E-state index is -0.0733. The molecule has 3 rings (SSSR count). The number of aromatic nitrogens is 2. The highest BCUT2D eigenvalue weighted by Crippen LogP contribution is 2.40. The summed E-state index contributed by atoms with van der Waals surface area (Å²) < 4.78 is 16.4. The Hall–Kier alpha value is -2.87. The van der Waals surface area contributed by atoms with Crippen LogP contribution in [0.25, 0.3) is 0 Å². The lowest BCUT2D eigenvalue weighted by atomic mass is 10.1. The van der Waals surface area contributed by atoms with Crippen molar-refractivity contribution in [2.45, 2.75) is 13.5 Å². The summed E-state index contributed by atoms with van der Waals surface area (Å²) in [6.45, 7) is 5.37. The fourth-order valence-corrected chi connectivity index (χ4v) is 3.30. The van der Waals surface area contributed by atoms with Crippen molar-refractivity contribution in [1.82, 2.24) is 19.8 Å². The Kier molecular flexibility index (Phi) is 6.30. The quantitative estimate of drug-likeness (QED) is 0.749. The summed E-state index contributed by atoms with van der Waals surface area (Å²) in [5.41, 5.74) is 2.20. The summed E-state index contributed by atoms with van der Waals surface area (Å²) in [5.74, 6) is 1.83. The van der Waals surface area contributed by atoms with Crippen molar-refractivity contribution in [3.05, 3.63) is 41.5 Å². The van der Waals surface area contributed by atoms with Gasteiger partial charge in [-0.15, -0.1) is 0 Å². The van der Waals surface area contributed by atoms with Crippen LogP contribution >= 0.6 is 0 Å². The summed E-state index contributed by atoms with van der Waals surface area (Å²) >= 11 is 0. The summed E-state index contributed by atoms with van der Waals surface area (Å²) in [6, 6.07) is 3.87. The smallest absolute Gasteiger partial charge is 0.274 e. The Bertz CT molecular complexity index is 818. The molecule has 28 heavy (non-hydrogen) atoms. The molecule has 1 aliphatic heterocycles. The fraction of sp³-hybridized carbons (Fsp3) is 0.450. The van der Waals surface area contributed by atoms with Crippen LogP contribution in [0.15, 0.2) is 24.5 Å². The van der Waals surface area contributed by atoms with Crippen LogP contribution in [-0.4, -0.2) is 73.2 Å². The zero-order chi connectivity index (χ0) is 20.1. The fourth-order valence-electron chi connectivity index (χ4n) is 3.30. The number of hydrogen-bond donors (Lipinski definition) is 0. The zero-order valence-corrected chi connectivity index (χ0v) is 16.8. The second kappa shape index (κ2) is 8.88. The third-order valence-electron chi connectivity index (χ3n) is 4.84. The number of aryl methyl sites for hydroxylation is 1. The molecule has 8 heteroatoms. The van der Waals surface area contributed by atoms with E-state index in [9.17, 15) is 4.79 Å². The number of benzene rings is 1. The number of rotatable bonds is 6. The monoisotopic (exact) mass is 386 g/mol. The van der Waals surface area contributed by atoms with Gasteiger partial charge in [-0.05, 0) is 13.0 Å². The largest absolute Gasteiger partial charge is 0.493 e. The topological polar surface area (TPSA) is 77.0 Å². The molecule has 1 aliphatic rings. The van der Waals surface area contributed by atoms with E-state index in [-0.39, 0.29) is 5.91 Å². The molecule has 8 nitrogen and oxygen atoms in total. The maximum Gasteiger partial charge on any atom is 0.274 e. The Balaban J connectivity index is 1.64.